The second kappa shape index (κ2) is 8.40. The van der Waals surface area contributed by atoms with Crippen molar-refractivity contribution in [1.82, 2.24) is 14.1 Å². The fourth-order valence-electron chi connectivity index (χ4n) is 3.43. The molecule has 9 heteroatoms. The summed E-state index contributed by atoms with van der Waals surface area (Å²) in [6.45, 7) is 4.37. The van der Waals surface area contributed by atoms with Crippen LogP contribution in [0.3, 0.4) is 0 Å². The number of hydrogen-bond acceptors (Lipinski definition) is 6. The summed E-state index contributed by atoms with van der Waals surface area (Å²) in [7, 11) is 2.92. The number of nitrogens with one attached hydrogen (secondary N) is 1. The highest BCUT2D eigenvalue weighted by Crippen LogP contribution is 2.25. The largest absolute Gasteiger partial charge is 0.494 e. The van der Waals surface area contributed by atoms with E-state index in [0.717, 1.165) is 4.57 Å². The summed E-state index contributed by atoms with van der Waals surface area (Å²) in [6, 6.07) is 6.94. The van der Waals surface area contributed by atoms with E-state index in [0.29, 0.717) is 36.4 Å². The van der Waals surface area contributed by atoms with Crippen LogP contribution < -0.4 is 27.0 Å². The highest BCUT2D eigenvalue weighted by molar-refractivity contribution is 6.10. The Morgan fingerprint density at radius 3 is 2.40 bits per heavy atom. The minimum absolute atomic E-state index is 0.0300. The topological polar surface area (TPSA) is 121 Å². The van der Waals surface area contributed by atoms with Gasteiger partial charge in [-0.2, -0.15) is 0 Å². The van der Waals surface area contributed by atoms with E-state index in [9.17, 15) is 14.4 Å². The van der Waals surface area contributed by atoms with Crippen molar-refractivity contribution in [3.63, 3.8) is 0 Å². The molecule has 0 fully saturated rings. The number of nitrogens with two attached hydrogens (primary N) is 1. The SMILES string of the molecule is CCCc1c(C(=O)Nc2ccc(OCC)cc2)c(N)nc2c1c(=O)n(C)c(=O)n2C. The van der Waals surface area contributed by atoms with Crippen molar-refractivity contribution in [3.05, 3.63) is 56.2 Å². The molecule has 3 aromatic rings. The van der Waals surface area contributed by atoms with Crippen LogP contribution in [0.5, 0.6) is 5.75 Å². The van der Waals surface area contributed by atoms with Crippen molar-refractivity contribution in [1.29, 1.82) is 0 Å². The summed E-state index contributed by atoms with van der Waals surface area (Å²) in [5, 5.41) is 3.03. The number of anilines is 2. The van der Waals surface area contributed by atoms with Crippen LogP contribution in [0.2, 0.25) is 0 Å². The number of benzene rings is 1. The number of aromatic nitrogens is 3. The van der Waals surface area contributed by atoms with E-state index in [4.69, 9.17) is 10.5 Å². The van der Waals surface area contributed by atoms with Gasteiger partial charge in [-0.25, -0.2) is 9.78 Å². The predicted molar refractivity (Wildman–Crippen MR) is 116 cm³/mol. The average Bonchev–Trinajstić information content (AvgIpc) is 2.72. The number of pyridine rings is 1. The van der Waals surface area contributed by atoms with E-state index in [1.807, 2.05) is 13.8 Å². The molecule has 1 aromatic carbocycles. The third kappa shape index (κ3) is 3.66. The van der Waals surface area contributed by atoms with Gasteiger partial charge in [0.2, 0.25) is 0 Å². The van der Waals surface area contributed by atoms with Gasteiger partial charge < -0.3 is 15.8 Å². The van der Waals surface area contributed by atoms with Crippen molar-refractivity contribution in [2.24, 2.45) is 14.1 Å². The van der Waals surface area contributed by atoms with E-state index in [2.05, 4.69) is 10.3 Å². The van der Waals surface area contributed by atoms with E-state index >= 15 is 0 Å². The maximum absolute atomic E-state index is 13.1. The van der Waals surface area contributed by atoms with E-state index in [1.165, 1.54) is 18.7 Å². The molecule has 1 amide bonds. The van der Waals surface area contributed by atoms with E-state index < -0.39 is 17.2 Å². The van der Waals surface area contributed by atoms with Crippen LogP contribution in [0.25, 0.3) is 11.0 Å². The lowest BCUT2D eigenvalue weighted by molar-refractivity contribution is 0.102. The Kier molecular flexibility index (Phi) is 5.91. The molecule has 9 nitrogen and oxygen atoms in total. The van der Waals surface area contributed by atoms with Gasteiger partial charge in [0.25, 0.3) is 11.5 Å². The highest BCUT2D eigenvalue weighted by atomic mass is 16.5. The van der Waals surface area contributed by atoms with Gasteiger partial charge in [-0.05, 0) is 43.2 Å². The van der Waals surface area contributed by atoms with E-state index in [1.54, 1.807) is 24.3 Å². The quantitative estimate of drug-likeness (QED) is 0.638. The molecule has 30 heavy (non-hydrogen) atoms. The fourth-order valence-corrected chi connectivity index (χ4v) is 3.43. The molecule has 2 aromatic heterocycles. The molecule has 0 spiro atoms. The molecule has 0 aliphatic carbocycles. The fraction of sp³-hybridized carbons (Fsp3) is 0.333. The van der Waals surface area contributed by atoms with Crippen LogP contribution in [0.15, 0.2) is 33.9 Å². The first-order chi connectivity index (χ1) is 14.3. The van der Waals surface area contributed by atoms with Crippen LogP contribution in [0.1, 0.15) is 36.2 Å². The Labute approximate surface area is 173 Å². The summed E-state index contributed by atoms with van der Waals surface area (Å²) in [4.78, 5) is 42.5. The number of nitrogen functional groups attached to an aromatic ring is 1. The smallest absolute Gasteiger partial charge is 0.332 e. The summed E-state index contributed by atoms with van der Waals surface area (Å²) in [5.74, 6) is 0.196. The molecular weight excluding hydrogens is 386 g/mol. The van der Waals surface area contributed by atoms with Gasteiger partial charge in [-0.1, -0.05) is 13.3 Å². The molecule has 0 unspecified atom stereocenters. The summed E-state index contributed by atoms with van der Waals surface area (Å²) in [6.07, 6.45) is 1.11. The first-order valence-corrected chi connectivity index (χ1v) is 9.72. The first-order valence-electron chi connectivity index (χ1n) is 9.72. The summed E-state index contributed by atoms with van der Waals surface area (Å²) >= 11 is 0. The number of rotatable bonds is 6. The van der Waals surface area contributed by atoms with Gasteiger partial charge >= 0.3 is 5.69 Å². The van der Waals surface area contributed by atoms with Crippen molar-refractivity contribution in [2.75, 3.05) is 17.7 Å². The third-order valence-corrected chi connectivity index (χ3v) is 4.87. The maximum atomic E-state index is 13.1. The molecule has 0 aliphatic heterocycles. The zero-order chi connectivity index (χ0) is 22.0. The number of hydrogen-bond donors (Lipinski definition) is 2. The lowest BCUT2D eigenvalue weighted by atomic mass is 9.99. The van der Waals surface area contributed by atoms with Gasteiger partial charge in [0.1, 0.15) is 11.6 Å². The number of amides is 1. The monoisotopic (exact) mass is 411 g/mol. The number of nitrogens with zero attached hydrogens (tertiary/aromatic N) is 3. The zero-order valence-corrected chi connectivity index (χ0v) is 17.5. The van der Waals surface area contributed by atoms with Gasteiger partial charge in [-0.15, -0.1) is 0 Å². The van der Waals surface area contributed by atoms with Crippen LogP contribution >= 0.6 is 0 Å². The second-order valence-corrected chi connectivity index (χ2v) is 6.92. The van der Waals surface area contributed by atoms with Crippen molar-refractivity contribution < 1.29 is 9.53 Å². The molecular formula is C21H25N5O4. The minimum atomic E-state index is -0.506. The predicted octanol–water partition coefficient (Wildman–Crippen LogP) is 1.82. The highest BCUT2D eigenvalue weighted by Gasteiger charge is 2.23. The molecule has 3 rings (SSSR count). The van der Waals surface area contributed by atoms with Crippen molar-refractivity contribution in [3.8, 4) is 5.75 Å². The van der Waals surface area contributed by atoms with Crippen molar-refractivity contribution in [2.45, 2.75) is 26.7 Å². The Morgan fingerprint density at radius 1 is 1.13 bits per heavy atom. The molecule has 158 valence electrons. The van der Waals surface area contributed by atoms with Crippen LogP contribution in [-0.4, -0.2) is 26.6 Å². The number of ether oxygens (including phenoxy) is 1. The Balaban J connectivity index is 2.16. The molecule has 0 saturated carbocycles. The van der Waals surface area contributed by atoms with E-state index in [-0.39, 0.29) is 22.4 Å². The molecule has 0 bridgehead atoms. The minimum Gasteiger partial charge on any atom is -0.494 e. The Bertz CT molecular complexity index is 1230. The molecule has 0 aliphatic rings. The van der Waals surface area contributed by atoms with Gasteiger partial charge in [-0.3, -0.25) is 18.7 Å². The summed E-state index contributed by atoms with van der Waals surface area (Å²) < 4.78 is 7.68. The number of fused-ring (bicyclic) bond motifs is 1. The average molecular weight is 411 g/mol. The van der Waals surface area contributed by atoms with Crippen LogP contribution in [0, 0.1) is 0 Å². The zero-order valence-electron chi connectivity index (χ0n) is 17.5. The Morgan fingerprint density at radius 2 is 1.80 bits per heavy atom. The normalized spacial score (nSPS) is 10.9. The number of carbonyl (C=O) groups excluding carboxylic acids is 1. The number of aryl methyl sites for hydroxylation is 2. The summed E-state index contributed by atoms with van der Waals surface area (Å²) in [5.41, 5.74) is 6.48. The second-order valence-electron chi connectivity index (χ2n) is 6.92. The standard InChI is InChI=1S/C21H25N5O4/c1-5-7-14-15(19(27)23-12-8-10-13(11-9-12)30-6-2)17(22)24-18-16(14)20(28)26(4)21(29)25(18)3/h8-11H,5-7H2,1-4H3,(H2,22,24)(H,23,27). The number of carbonyl (C=O) groups is 1. The molecule has 2 heterocycles. The van der Waals surface area contributed by atoms with Crippen LogP contribution in [0.4, 0.5) is 11.5 Å². The lowest BCUT2D eigenvalue weighted by Gasteiger charge is -2.16. The lowest BCUT2D eigenvalue weighted by Crippen LogP contribution is -2.38. The Hall–Kier alpha value is -3.62. The van der Waals surface area contributed by atoms with Gasteiger partial charge in [0.05, 0.1) is 17.6 Å². The van der Waals surface area contributed by atoms with Crippen molar-refractivity contribution >= 4 is 28.4 Å². The molecule has 0 atom stereocenters. The van der Waals surface area contributed by atoms with Crippen LogP contribution in [-0.2, 0) is 20.5 Å². The first kappa shape index (κ1) is 21.1. The molecule has 0 saturated heterocycles. The van der Waals surface area contributed by atoms with Gasteiger partial charge in [0.15, 0.2) is 5.65 Å². The molecule has 0 radical (unpaired) electrons. The maximum Gasteiger partial charge on any atom is 0.332 e. The molecule has 3 N–H and O–H groups in total. The van der Waals surface area contributed by atoms with Gasteiger partial charge in [0, 0.05) is 19.8 Å². The third-order valence-electron chi connectivity index (χ3n) is 4.87.